The van der Waals surface area contributed by atoms with Gasteiger partial charge in [-0.05, 0) is 64.0 Å². The molecule has 0 saturated heterocycles. The predicted molar refractivity (Wildman–Crippen MR) is 127 cm³/mol. The number of nitrogens with zero attached hydrogens (tertiary/aromatic N) is 1. The highest BCUT2D eigenvalue weighted by atomic mass is 16.6. The maximum absolute atomic E-state index is 9.24. The van der Waals surface area contributed by atoms with Crippen molar-refractivity contribution in [1.82, 2.24) is 4.57 Å². The van der Waals surface area contributed by atoms with Crippen molar-refractivity contribution >= 4 is 50.7 Å². The van der Waals surface area contributed by atoms with Crippen molar-refractivity contribution in [2.75, 3.05) is 0 Å². The van der Waals surface area contributed by atoms with Crippen molar-refractivity contribution in [3.05, 3.63) is 97.1 Å². The van der Waals surface area contributed by atoms with Crippen LogP contribution >= 0.6 is 0 Å². The molecule has 0 atom stereocenters. The Morgan fingerprint density at radius 3 is 1.97 bits per heavy atom. The molecule has 0 aliphatic heterocycles. The van der Waals surface area contributed by atoms with Gasteiger partial charge in [0.25, 0.3) is 0 Å². The van der Waals surface area contributed by atoms with Crippen LogP contribution < -0.4 is 4.65 Å². The highest BCUT2D eigenvalue weighted by Gasteiger charge is 2.17. The second kappa shape index (κ2) is 6.88. The van der Waals surface area contributed by atoms with Crippen molar-refractivity contribution in [1.29, 1.82) is 0 Å². The Kier molecular flexibility index (Phi) is 4.00. The Hall–Kier alpha value is -3.80. The van der Waals surface area contributed by atoms with E-state index in [1.807, 2.05) is 30.3 Å². The van der Waals surface area contributed by atoms with Gasteiger partial charge in [0.1, 0.15) is 5.75 Å². The van der Waals surface area contributed by atoms with Crippen molar-refractivity contribution in [3.63, 3.8) is 0 Å². The van der Waals surface area contributed by atoms with Gasteiger partial charge >= 0.3 is 7.32 Å². The normalized spacial score (nSPS) is 11.5. The number of aromatic nitrogens is 1. The lowest BCUT2D eigenvalue weighted by Crippen LogP contribution is -2.20. The summed E-state index contributed by atoms with van der Waals surface area (Å²) in [7, 11) is -1.85. The average Bonchev–Trinajstić information content (AvgIpc) is 3.09. The molecular weight excluding hydrogens is 385 g/mol. The molecule has 0 bridgehead atoms. The summed E-state index contributed by atoms with van der Waals surface area (Å²) in [6.45, 7) is 0. The molecule has 6 aromatic rings. The second-order valence-corrected chi connectivity index (χ2v) is 7.71. The minimum atomic E-state index is -1.85. The third-order valence-corrected chi connectivity index (χ3v) is 5.84. The summed E-state index contributed by atoms with van der Waals surface area (Å²) in [6, 6.07) is 33.1. The van der Waals surface area contributed by atoms with Crippen molar-refractivity contribution in [3.8, 4) is 11.4 Å². The van der Waals surface area contributed by atoms with E-state index in [9.17, 15) is 10.0 Å². The van der Waals surface area contributed by atoms with Gasteiger partial charge in [-0.2, -0.15) is 0 Å². The average molecular weight is 403 g/mol. The first-order valence-corrected chi connectivity index (χ1v) is 10.2. The molecule has 148 valence electrons. The molecule has 6 rings (SSSR count). The van der Waals surface area contributed by atoms with E-state index in [2.05, 4.69) is 65.2 Å². The molecule has 0 saturated carbocycles. The van der Waals surface area contributed by atoms with Gasteiger partial charge in [0.05, 0.1) is 11.0 Å². The lowest BCUT2D eigenvalue weighted by atomic mass is 10.1. The van der Waals surface area contributed by atoms with Crippen LogP contribution in [0.1, 0.15) is 0 Å². The van der Waals surface area contributed by atoms with E-state index >= 15 is 0 Å². The quantitative estimate of drug-likeness (QED) is 0.387. The Morgan fingerprint density at radius 2 is 1.23 bits per heavy atom. The lowest BCUT2D eigenvalue weighted by Gasteiger charge is -2.10. The number of rotatable bonds is 3. The maximum Gasteiger partial charge on any atom is 0.707 e. The van der Waals surface area contributed by atoms with Gasteiger partial charge in [-0.15, -0.1) is 0 Å². The topological polar surface area (TPSA) is 54.6 Å². The summed E-state index contributed by atoms with van der Waals surface area (Å²) in [5.74, 6) is 0.410. The summed E-state index contributed by atoms with van der Waals surface area (Å²) in [5.41, 5.74) is 3.19. The fraction of sp³-hybridized carbons (Fsp3) is 0. The second-order valence-electron chi connectivity index (χ2n) is 7.71. The van der Waals surface area contributed by atoms with Gasteiger partial charge in [-0.1, -0.05) is 54.6 Å². The molecule has 0 spiro atoms. The van der Waals surface area contributed by atoms with Gasteiger partial charge in [-0.25, -0.2) is 0 Å². The molecule has 0 aliphatic rings. The first-order chi connectivity index (χ1) is 15.2. The van der Waals surface area contributed by atoms with Crippen LogP contribution in [-0.2, 0) is 0 Å². The van der Waals surface area contributed by atoms with E-state index in [-0.39, 0.29) is 0 Å². The molecule has 0 fully saturated rings. The Bertz CT molecular complexity index is 1600. The Morgan fingerprint density at radius 1 is 0.581 bits per heavy atom. The van der Waals surface area contributed by atoms with Crippen LogP contribution in [0.4, 0.5) is 0 Å². The van der Waals surface area contributed by atoms with Crippen LogP contribution in [-0.4, -0.2) is 21.9 Å². The number of hydrogen-bond acceptors (Lipinski definition) is 3. The molecule has 0 unspecified atom stereocenters. The molecule has 5 aromatic carbocycles. The van der Waals surface area contributed by atoms with Crippen LogP contribution in [0.25, 0.3) is 49.0 Å². The van der Waals surface area contributed by atoms with Gasteiger partial charge in [0.2, 0.25) is 0 Å². The molecule has 0 amide bonds. The lowest BCUT2D eigenvalue weighted by molar-refractivity contribution is 0.288. The number of fused-ring (bicyclic) bond motifs is 5. The highest BCUT2D eigenvalue weighted by Crippen LogP contribution is 2.37. The van der Waals surface area contributed by atoms with Crippen molar-refractivity contribution in [2.24, 2.45) is 0 Å². The molecule has 1 aromatic heterocycles. The first-order valence-electron chi connectivity index (χ1n) is 10.2. The van der Waals surface area contributed by atoms with Gasteiger partial charge in [-0.3, -0.25) is 0 Å². The smallest absolute Gasteiger partial charge is 0.512 e. The van der Waals surface area contributed by atoms with Crippen LogP contribution in [0.15, 0.2) is 97.1 Å². The van der Waals surface area contributed by atoms with E-state index in [1.54, 1.807) is 6.07 Å². The summed E-state index contributed by atoms with van der Waals surface area (Å²) >= 11 is 0. The minimum Gasteiger partial charge on any atom is -0.512 e. The standard InChI is InChI=1S/C26H18BNO3/c29-27(30)31-22-11-12-25-24(16-22)23-14-19-7-3-4-8-20(19)15-26(23)28(25)21-10-9-17-5-1-2-6-18(17)13-21/h1-16,29-30H. The fourth-order valence-corrected chi connectivity index (χ4v) is 4.47. The van der Waals surface area contributed by atoms with E-state index in [0.29, 0.717) is 5.75 Å². The Balaban J connectivity index is 1.72. The zero-order valence-electron chi connectivity index (χ0n) is 16.6. The predicted octanol–water partition coefficient (Wildman–Crippen LogP) is 5.44. The molecule has 0 aliphatic carbocycles. The van der Waals surface area contributed by atoms with E-state index in [4.69, 9.17) is 4.65 Å². The van der Waals surface area contributed by atoms with E-state index in [0.717, 1.165) is 32.9 Å². The molecule has 1 heterocycles. The van der Waals surface area contributed by atoms with Crippen LogP contribution in [0.3, 0.4) is 0 Å². The van der Waals surface area contributed by atoms with Gasteiger partial charge in [0, 0.05) is 16.5 Å². The van der Waals surface area contributed by atoms with Crippen LogP contribution in [0, 0.1) is 0 Å². The summed E-state index contributed by atoms with van der Waals surface area (Å²) < 4.78 is 7.39. The van der Waals surface area contributed by atoms with Crippen molar-refractivity contribution < 1.29 is 14.7 Å². The molecule has 5 heteroatoms. The summed E-state index contributed by atoms with van der Waals surface area (Å²) in [4.78, 5) is 0. The summed E-state index contributed by atoms with van der Waals surface area (Å²) in [6.07, 6.45) is 0. The maximum atomic E-state index is 9.24. The van der Waals surface area contributed by atoms with E-state index < -0.39 is 7.32 Å². The molecule has 31 heavy (non-hydrogen) atoms. The molecule has 0 radical (unpaired) electrons. The van der Waals surface area contributed by atoms with Gasteiger partial charge in [0.15, 0.2) is 0 Å². The third-order valence-electron chi connectivity index (χ3n) is 5.84. The first kappa shape index (κ1) is 18.0. The zero-order chi connectivity index (χ0) is 20.9. The van der Waals surface area contributed by atoms with Crippen LogP contribution in [0.5, 0.6) is 5.75 Å². The largest absolute Gasteiger partial charge is 0.707 e. The third kappa shape index (κ3) is 2.94. The van der Waals surface area contributed by atoms with Crippen molar-refractivity contribution in [2.45, 2.75) is 0 Å². The monoisotopic (exact) mass is 403 g/mol. The summed E-state index contributed by atoms with van der Waals surface area (Å²) in [5, 5.41) is 25.3. The molecule has 2 N–H and O–H groups in total. The SMILES string of the molecule is OB(O)Oc1ccc2c(c1)c1cc3ccccc3cc1n2-c1ccc2ccccc2c1. The number of hydrogen-bond donors (Lipinski definition) is 2. The fourth-order valence-electron chi connectivity index (χ4n) is 4.47. The zero-order valence-corrected chi connectivity index (χ0v) is 16.6. The van der Waals surface area contributed by atoms with Crippen LogP contribution in [0.2, 0.25) is 0 Å². The van der Waals surface area contributed by atoms with Gasteiger partial charge < -0.3 is 19.3 Å². The number of benzene rings is 5. The Labute approximate surface area is 178 Å². The molecule has 4 nitrogen and oxygen atoms in total. The van der Waals surface area contributed by atoms with E-state index in [1.165, 1.54) is 16.2 Å². The highest BCUT2D eigenvalue weighted by molar-refractivity contribution is 6.33. The molecular formula is C26H18BNO3. The minimum absolute atomic E-state index is 0.410.